The molecule has 76 heavy (non-hydrogen) atoms. The van der Waals surface area contributed by atoms with E-state index in [4.69, 9.17) is 0 Å². The van der Waals surface area contributed by atoms with Crippen molar-refractivity contribution in [1.82, 2.24) is 9.13 Å². The molecule has 2 aliphatic rings. The summed E-state index contributed by atoms with van der Waals surface area (Å²) in [6, 6.07) is 94.2. The second-order valence-corrected chi connectivity index (χ2v) is 21.8. The van der Waals surface area contributed by atoms with Gasteiger partial charge >= 0.3 is 0 Å². The molecule has 4 nitrogen and oxygen atoms in total. The fourth-order valence-corrected chi connectivity index (χ4v) is 13.1. The van der Waals surface area contributed by atoms with E-state index in [1.165, 1.54) is 99.5 Å². The van der Waals surface area contributed by atoms with Crippen molar-refractivity contribution in [2.45, 2.75) is 38.5 Å². The molecule has 13 aromatic rings. The summed E-state index contributed by atoms with van der Waals surface area (Å²) in [6.45, 7) is 9.64. The number of benzene rings is 11. The number of hydrogen-bond donors (Lipinski definition) is 0. The molecule has 2 aromatic heterocycles. The van der Waals surface area contributed by atoms with E-state index in [2.05, 4.69) is 301 Å². The second kappa shape index (κ2) is 16.6. The van der Waals surface area contributed by atoms with E-state index >= 15 is 0 Å². The molecule has 3 heterocycles. The molecule has 0 unspecified atom stereocenters. The molecule has 362 valence electrons. The van der Waals surface area contributed by atoms with Gasteiger partial charge in [-0.3, -0.25) is 0 Å². The number of para-hydroxylation sites is 6. The molecule has 0 fully saturated rings. The quantitative estimate of drug-likeness (QED) is 0.158. The normalized spacial score (nSPS) is 14.0. The van der Waals surface area contributed by atoms with E-state index in [1.807, 2.05) is 0 Å². The number of aromatic nitrogens is 2. The summed E-state index contributed by atoms with van der Waals surface area (Å²) < 4.78 is 4.78. The Morgan fingerprint density at radius 3 is 1.46 bits per heavy atom. The first-order valence-electron chi connectivity index (χ1n) is 26.6. The first-order chi connectivity index (χ1) is 37.2. The highest BCUT2D eigenvalue weighted by Gasteiger charge is 2.42. The lowest BCUT2D eigenvalue weighted by molar-refractivity contribution is 0.627. The van der Waals surface area contributed by atoms with Gasteiger partial charge in [-0.2, -0.15) is 0 Å². The van der Waals surface area contributed by atoms with Gasteiger partial charge in [-0.1, -0.05) is 161 Å². The third kappa shape index (κ3) is 6.50. The van der Waals surface area contributed by atoms with Crippen LogP contribution in [0.3, 0.4) is 0 Å². The summed E-state index contributed by atoms with van der Waals surface area (Å²) in [6.07, 6.45) is 0. The van der Waals surface area contributed by atoms with Crippen LogP contribution in [-0.4, -0.2) is 9.13 Å². The average molecular weight is 975 g/mol. The summed E-state index contributed by atoms with van der Waals surface area (Å²) in [5.74, 6) is 0. The van der Waals surface area contributed by atoms with E-state index in [9.17, 15) is 0 Å². The second-order valence-electron chi connectivity index (χ2n) is 21.8. The molecule has 0 N–H and O–H groups in total. The first-order valence-corrected chi connectivity index (χ1v) is 26.6. The van der Waals surface area contributed by atoms with Crippen LogP contribution in [0.15, 0.2) is 255 Å². The molecule has 1 aliphatic heterocycles. The summed E-state index contributed by atoms with van der Waals surface area (Å²) in [7, 11) is 0. The highest BCUT2D eigenvalue weighted by molar-refractivity contribution is 6.12. The van der Waals surface area contributed by atoms with E-state index in [0.29, 0.717) is 0 Å². The predicted molar refractivity (Wildman–Crippen MR) is 320 cm³/mol. The lowest BCUT2D eigenvalue weighted by atomic mass is 9.71. The van der Waals surface area contributed by atoms with Crippen molar-refractivity contribution in [1.29, 1.82) is 0 Å². The molecule has 1 aliphatic carbocycles. The Balaban J connectivity index is 0.813. The zero-order valence-electron chi connectivity index (χ0n) is 43.0. The maximum absolute atomic E-state index is 2.54. The molecule has 15 rings (SSSR count). The van der Waals surface area contributed by atoms with Crippen LogP contribution in [0.4, 0.5) is 34.1 Å². The van der Waals surface area contributed by atoms with E-state index in [-0.39, 0.29) is 10.8 Å². The van der Waals surface area contributed by atoms with Crippen LogP contribution in [0.5, 0.6) is 0 Å². The molecule has 0 atom stereocenters. The van der Waals surface area contributed by atoms with Crippen molar-refractivity contribution in [2.24, 2.45) is 0 Å². The Hall–Kier alpha value is -9.38. The number of fused-ring (bicyclic) bond motifs is 11. The monoisotopic (exact) mass is 974 g/mol. The van der Waals surface area contributed by atoms with Gasteiger partial charge in [0.15, 0.2) is 0 Å². The Labute approximate surface area is 443 Å². The maximum atomic E-state index is 2.54. The van der Waals surface area contributed by atoms with Crippen molar-refractivity contribution >= 4 is 77.7 Å². The van der Waals surface area contributed by atoms with Gasteiger partial charge in [-0.25, -0.2) is 0 Å². The van der Waals surface area contributed by atoms with Crippen LogP contribution in [0.2, 0.25) is 0 Å². The minimum absolute atomic E-state index is 0.236. The Morgan fingerprint density at radius 2 is 0.789 bits per heavy atom. The molecule has 11 aromatic carbocycles. The van der Waals surface area contributed by atoms with E-state index < -0.39 is 0 Å². The minimum Gasteiger partial charge on any atom is -0.310 e. The van der Waals surface area contributed by atoms with Crippen molar-refractivity contribution in [2.75, 3.05) is 9.80 Å². The number of anilines is 6. The first kappa shape index (κ1) is 44.1. The number of rotatable bonds is 7. The third-order valence-corrected chi connectivity index (χ3v) is 16.9. The summed E-state index contributed by atoms with van der Waals surface area (Å²) >= 11 is 0. The van der Waals surface area contributed by atoms with Crippen LogP contribution < -0.4 is 9.80 Å². The smallest absolute Gasteiger partial charge is 0.0542 e. The topological polar surface area (TPSA) is 16.3 Å². The highest BCUT2D eigenvalue weighted by Crippen LogP contribution is 2.58. The molecular formula is C72H54N4. The molecule has 0 radical (unpaired) electrons. The largest absolute Gasteiger partial charge is 0.310 e. The van der Waals surface area contributed by atoms with Gasteiger partial charge in [0.05, 0.1) is 33.4 Å². The van der Waals surface area contributed by atoms with E-state index in [1.54, 1.807) is 0 Å². The van der Waals surface area contributed by atoms with E-state index in [0.717, 1.165) is 34.1 Å². The van der Waals surface area contributed by atoms with Gasteiger partial charge in [-0.05, 0) is 166 Å². The molecule has 4 heteroatoms. The van der Waals surface area contributed by atoms with Gasteiger partial charge in [0.1, 0.15) is 0 Å². The van der Waals surface area contributed by atoms with Crippen LogP contribution >= 0.6 is 0 Å². The van der Waals surface area contributed by atoms with Crippen molar-refractivity contribution in [3.63, 3.8) is 0 Å². The number of nitrogens with zero attached hydrogens (tertiary/aromatic N) is 4. The fraction of sp³-hybridized carbons (Fsp3) is 0.0833. The molecule has 0 spiro atoms. The van der Waals surface area contributed by atoms with Gasteiger partial charge in [-0.15, -0.1) is 0 Å². The Bertz CT molecular complexity index is 4450. The van der Waals surface area contributed by atoms with Gasteiger partial charge in [0.25, 0.3) is 0 Å². The maximum Gasteiger partial charge on any atom is 0.0542 e. The third-order valence-electron chi connectivity index (χ3n) is 16.9. The zero-order valence-corrected chi connectivity index (χ0v) is 43.0. The summed E-state index contributed by atoms with van der Waals surface area (Å²) in [5, 5.41) is 4.96. The highest BCUT2D eigenvalue weighted by atomic mass is 15.2. The summed E-state index contributed by atoms with van der Waals surface area (Å²) in [4.78, 5) is 4.92. The lowest BCUT2D eigenvalue weighted by Crippen LogP contribution is -2.31. The van der Waals surface area contributed by atoms with Gasteiger partial charge in [0.2, 0.25) is 0 Å². The van der Waals surface area contributed by atoms with Crippen molar-refractivity contribution in [3.8, 4) is 33.6 Å². The standard InChI is InChI=1S/C72H54N4/c1-71(2)61-28-16-19-31-69(61)76(54-38-41-68-60(44-54)57-27-15-18-30-66(57)75(68)51-24-12-7-13-25-51)70-46-63-58(45-64(70)71)55-39-34-48(42-62(55)72(63,3)4)47-32-35-52(36-33-47)73(49-20-8-5-9-21-49)53-37-40-67-59(43-53)56-26-14-17-29-65(56)74(67)50-22-10-6-11-23-50/h5-46H,1-4H3. The van der Waals surface area contributed by atoms with Crippen LogP contribution in [0.25, 0.3) is 77.2 Å². The number of hydrogen-bond acceptors (Lipinski definition) is 2. The van der Waals surface area contributed by atoms with Crippen molar-refractivity contribution in [3.05, 3.63) is 277 Å². The fourth-order valence-electron chi connectivity index (χ4n) is 13.1. The van der Waals surface area contributed by atoms with Crippen LogP contribution in [0, 0.1) is 0 Å². The average Bonchev–Trinajstić information content (AvgIpc) is 4.22. The molecule has 0 saturated heterocycles. The minimum atomic E-state index is -0.248. The molecule has 0 bridgehead atoms. The van der Waals surface area contributed by atoms with Crippen LogP contribution in [-0.2, 0) is 10.8 Å². The van der Waals surface area contributed by atoms with Gasteiger partial charge in [0, 0.05) is 66.5 Å². The zero-order chi connectivity index (χ0) is 50.9. The Kier molecular flexibility index (Phi) is 9.62. The lowest BCUT2D eigenvalue weighted by Gasteiger charge is -2.43. The van der Waals surface area contributed by atoms with Crippen LogP contribution in [0.1, 0.15) is 49.9 Å². The predicted octanol–water partition coefficient (Wildman–Crippen LogP) is 19.4. The molecule has 0 amide bonds. The molecule has 0 saturated carbocycles. The van der Waals surface area contributed by atoms with Gasteiger partial charge < -0.3 is 18.9 Å². The molecular weight excluding hydrogens is 921 g/mol. The summed E-state index contributed by atoms with van der Waals surface area (Å²) in [5.41, 5.74) is 24.0. The Morgan fingerprint density at radius 1 is 0.289 bits per heavy atom. The van der Waals surface area contributed by atoms with Crippen molar-refractivity contribution < 1.29 is 0 Å². The SMILES string of the molecule is CC1(C)c2cc(-c3ccc(N(c4ccccc4)c4ccc5c(c4)c4ccccc4n5-c4ccccc4)cc3)ccc2-c2cc3c(cc21)N(c1ccc2c(c1)c1ccccc1n2-c1ccccc1)c1ccccc1C3(C)C.